The van der Waals surface area contributed by atoms with Crippen molar-refractivity contribution in [2.45, 2.75) is 0 Å². The van der Waals surface area contributed by atoms with E-state index in [1.807, 2.05) is 0 Å². The lowest BCUT2D eigenvalue weighted by molar-refractivity contribution is 0.111. The first kappa shape index (κ1) is 10.3. The summed E-state index contributed by atoms with van der Waals surface area (Å²) in [5.74, 6) is -0.345. The molecule has 82 valence electrons. The molecule has 2 aromatic rings. The number of halogens is 1. The lowest BCUT2D eigenvalue weighted by Gasteiger charge is -2.04. The maximum Gasteiger partial charge on any atom is 0.171 e. The van der Waals surface area contributed by atoms with Crippen molar-refractivity contribution >= 4 is 6.29 Å². The van der Waals surface area contributed by atoms with Crippen molar-refractivity contribution in [1.29, 1.82) is 0 Å². The monoisotopic (exact) mass is 221 g/mol. The fraction of sp³-hybridized carbons (Fsp3) is 0.100. The quantitative estimate of drug-likeness (QED) is 0.731. The first-order valence-corrected chi connectivity index (χ1v) is 4.46. The first-order chi connectivity index (χ1) is 7.74. The molecule has 5 nitrogen and oxygen atoms in total. The highest BCUT2D eigenvalue weighted by Gasteiger charge is 2.06. The van der Waals surface area contributed by atoms with E-state index in [1.54, 1.807) is 6.07 Å². The molecule has 0 saturated heterocycles. The van der Waals surface area contributed by atoms with Crippen molar-refractivity contribution in [3.05, 3.63) is 35.9 Å². The number of carbonyl (C=O) groups is 1. The number of benzene rings is 1. The van der Waals surface area contributed by atoms with E-state index >= 15 is 0 Å². The number of methoxy groups -OCH3 is 1. The van der Waals surface area contributed by atoms with Gasteiger partial charge in [-0.05, 0) is 12.1 Å². The van der Waals surface area contributed by atoms with Crippen LogP contribution in [0.2, 0.25) is 0 Å². The second-order valence-corrected chi connectivity index (χ2v) is 3.02. The van der Waals surface area contributed by atoms with Crippen LogP contribution in [-0.4, -0.2) is 28.4 Å². The van der Waals surface area contributed by atoms with Crippen LogP contribution in [0.15, 0.2) is 24.4 Å². The summed E-state index contributed by atoms with van der Waals surface area (Å²) < 4.78 is 19.5. The molecule has 0 fully saturated rings. The third-order valence-corrected chi connectivity index (χ3v) is 2.03. The van der Waals surface area contributed by atoms with Gasteiger partial charge in [-0.3, -0.25) is 4.79 Å². The molecule has 0 amide bonds. The van der Waals surface area contributed by atoms with Crippen molar-refractivity contribution in [3.63, 3.8) is 0 Å². The zero-order chi connectivity index (χ0) is 11.5. The molecule has 0 atom stereocenters. The highest BCUT2D eigenvalue weighted by molar-refractivity contribution is 5.70. The van der Waals surface area contributed by atoms with Crippen LogP contribution < -0.4 is 4.74 Å². The van der Waals surface area contributed by atoms with E-state index in [9.17, 15) is 9.18 Å². The van der Waals surface area contributed by atoms with Crippen molar-refractivity contribution in [3.8, 4) is 11.4 Å². The van der Waals surface area contributed by atoms with E-state index in [0.717, 1.165) is 0 Å². The topological polar surface area (TPSA) is 57.0 Å². The van der Waals surface area contributed by atoms with Gasteiger partial charge < -0.3 is 4.74 Å². The molecule has 0 aliphatic rings. The molecule has 1 aromatic heterocycles. The molecular weight excluding hydrogens is 213 g/mol. The minimum absolute atomic E-state index is 0.152. The standard InChI is InChI=1S/C10H8FN3O2/c1-16-10-3-2-8(4-9(10)11)14-5-7(6-15)12-13-14/h2-6H,1H3. The summed E-state index contributed by atoms with van der Waals surface area (Å²) in [6.45, 7) is 0. The zero-order valence-corrected chi connectivity index (χ0v) is 8.42. The van der Waals surface area contributed by atoms with Gasteiger partial charge in [-0.2, -0.15) is 0 Å². The third kappa shape index (κ3) is 1.77. The van der Waals surface area contributed by atoms with Gasteiger partial charge in [-0.25, -0.2) is 9.07 Å². The summed E-state index contributed by atoms with van der Waals surface area (Å²) in [6, 6.07) is 4.35. The van der Waals surface area contributed by atoms with E-state index in [0.29, 0.717) is 12.0 Å². The molecule has 0 saturated carbocycles. The molecule has 1 aromatic carbocycles. The average Bonchev–Trinajstić information content (AvgIpc) is 2.77. The molecule has 6 heteroatoms. The second kappa shape index (κ2) is 4.09. The van der Waals surface area contributed by atoms with Gasteiger partial charge in [0, 0.05) is 6.07 Å². The van der Waals surface area contributed by atoms with E-state index in [4.69, 9.17) is 4.74 Å². The summed E-state index contributed by atoms with van der Waals surface area (Å²) in [7, 11) is 1.39. The maximum absolute atomic E-state index is 13.4. The van der Waals surface area contributed by atoms with Crippen LogP contribution in [0.5, 0.6) is 5.75 Å². The fourth-order valence-corrected chi connectivity index (χ4v) is 1.25. The molecule has 1 heterocycles. The molecule has 2 rings (SSSR count). The second-order valence-electron chi connectivity index (χ2n) is 3.02. The molecule has 0 aliphatic heterocycles. The van der Waals surface area contributed by atoms with Gasteiger partial charge in [0.05, 0.1) is 19.0 Å². The number of hydrogen-bond acceptors (Lipinski definition) is 4. The Morgan fingerprint density at radius 1 is 1.50 bits per heavy atom. The Kier molecular flexibility index (Phi) is 2.63. The molecule has 0 spiro atoms. The number of rotatable bonds is 3. The van der Waals surface area contributed by atoms with Crippen molar-refractivity contribution in [2.75, 3.05) is 7.11 Å². The van der Waals surface area contributed by atoms with Crippen LogP contribution in [0.1, 0.15) is 10.5 Å². The van der Waals surface area contributed by atoms with Gasteiger partial charge in [0.2, 0.25) is 0 Å². The van der Waals surface area contributed by atoms with E-state index in [2.05, 4.69) is 10.3 Å². The Balaban J connectivity index is 2.40. The zero-order valence-electron chi connectivity index (χ0n) is 8.42. The Labute approximate surface area is 90.5 Å². The smallest absolute Gasteiger partial charge is 0.171 e. The fourth-order valence-electron chi connectivity index (χ4n) is 1.25. The van der Waals surface area contributed by atoms with E-state index in [-0.39, 0.29) is 11.4 Å². The molecule has 0 N–H and O–H groups in total. The van der Waals surface area contributed by atoms with Crippen molar-refractivity contribution < 1.29 is 13.9 Å². The van der Waals surface area contributed by atoms with Crippen LogP contribution in [0.3, 0.4) is 0 Å². The number of hydrogen-bond donors (Lipinski definition) is 0. The number of nitrogens with zero attached hydrogens (tertiary/aromatic N) is 3. The Morgan fingerprint density at radius 2 is 2.31 bits per heavy atom. The van der Waals surface area contributed by atoms with Crippen LogP contribution in [-0.2, 0) is 0 Å². The maximum atomic E-state index is 13.4. The molecule has 0 radical (unpaired) electrons. The van der Waals surface area contributed by atoms with Gasteiger partial charge in [-0.15, -0.1) is 5.10 Å². The Morgan fingerprint density at radius 3 is 2.88 bits per heavy atom. The molecule has 0 aliphatic carbocycles. The van der Waals surface area contributed by atoms with Gasteiger partial charge >= 0.3 is 0 Å². The SMILES string of the molecule is COc1ccc(-n2cc(C=O)nn2)cc1F. The molecule has 16 heavy (non-hydrogen) atoms. The minimum atomic E-state index is -0.497. The molecular formula is C10H8FN3O2. The summed E-state index contributed by atoms with van der Waals surface area (Å²) >= 11 is 0. The third-order valence-electron chi connectivity index (χ3n) is 2.03. The van der Waals surface area contributed by atoms with Gasteiger partial charge in [0.15, 0.2) is 17.9 Å². The Hall–Kier alpha value is -2.24. The number of aromatic nitrogens is 3. The highest BCUT2D eigenvalue weighted by Crippen LogP contribution is 2.19. The minimum Gasteiger partial charge on any atom is -0.494 e. The van der Waals surface area contributed by atoms with E-state index in [1.165, 1.54) is 30.1 Å². The normalized spacial score (nSPS) is 10.1. The van der Waals surface area contributed by atoms with Crippen molar-refractivity contribution in [2.24, 2.45) is 0 Å². The highest BCUT2D eigenvalue weighted by atomic mass is 19.1. The van der Waals surface area contributed by atoms with Gasteiger partial charge in [-0.1, -0.05) is 5.21 Å². The predicted molar refractivity (Wildman–Crippen MR) is 53.3 cm³/mol. The largest absolute Gasteiger partial charge is 0.494 e. The summed E-state index contributed by atoms with van der Waals surface area (Å²) in [6.07, 6.45) is 1.98. The van der Waals surface area contributed by atoms with E-state index < -0.39 is 5.82 Å². The summed E-state index contributed by atoms with van der Waals surface area (Å²) in [5, 5.41) is 7.26. The van der Waals surface area contributed by atoms with Crippen LogP contribution in [0, 0.1) is 5.82 Å². The van der Waals surface area contributed by atoms with Crippen LogP contribution >= 0.6 is 0 Å². The van der Waals surface area contributed by atoms with Gasteiger partial charge in [0.25, 0.3) is 0 Å². The predicted octanol–water partition coefficient (Wildman–Crippen LogP) is 1.23. The summed E-state index contributed by atoms with van der Waals surface area (Å²) in [5.41, 5.74) is 0.662. The summed E-state index contributed by atoms with van der Waals surface area (Å²) in [4.78, 5) is 10.4. The lowest BCUT2D eigenvalue weighted by Crippen LogP contribution is -1.97. The van der Waals surface area contributed by atoms with Crippen LogP contribution in [0.25, 0.3) is 5.69 Å². The molecule has 0 unspecified atom stereocenters. The van der Waals surface area contributed by atoms with Gasteiger partial charge in [0.1, 0.15) is 5.69 Å². The van der Waals surface area contributed by atoms with Crippen LogP contribution in [0.4, 0.5) is 4.39 Å². The number of aldehydes is 1. The molecule has 0 bridgehead atoms. The first-order valence-electron chi connectivity index (χ1n) is 4.46. The average molecular weight is 221 g/mol. The lowest BCUT2D eigenvalue weighted by atomic mass is 10.3. The number of carbonyl (C=O) groups excluding carboxylic acids is 1. The Bertz CT molecular complexity index is 525. The number of ether oxygens (including phenoxy) is 1. The van der Waals surface area contributed by atoms with Crippen molar-refractivity contribution in [1.82, 2.24) is 15.0 Å².